The standard InChI is InChI=1S/C12H7BrFIN2O/c13-11-8(2-1-5-16-11)12(18)17-10-4-3-7(14)6-9(10)15/h1-6H,(H,17,18). The van der Waals surface area contributed by atoms with E-state index in [1.807, 2.05) is 22.6 Å². The van der Waals surface area contributed by atoms with Crippen molar-refractivity contribution in [3.8, 4) is 0 Å². The number of carbonyl (C=O) groups excluding carboxylic acids is 1. The molecule has 0 saturated heterocycles. The summed E-state index contributed by atoms with van der Waals surface area (Å²) in [6.45, 7) is 0. The number of carbonyl (C=O) groups is 1. The van der Waals surface area contributed by atoms with E-state index in [9.17, 15) is 9.18 Å². The number of pyridine rings is 1. The highest BCUT2D eigenvalue weighted by molar-refractivity contribution is 14.1. The van der Waals surface area contributed by atoms with Gasteiger partial charge in [0.2, 0.25) is 0 Å². The quantitative estimate of drug-likeness (QED) is 0.592. The number of amides is 1. The summed E-state index contributed by atoms with van der Waals surface area (Å²) in [5.41, 5.74) is 0.996. The van der Waals surface area contributed by atoms with E-state index in [1.165, 1.54) is 18.2 Å². The number of hydrogen-bond donors (Lipinski definition) is 1. The van der Waals surface area contributed by atoms with E-state index < -0.39 is 0 Å². The van der Waals surface area contributed by atoms with E-state index in [2.05, 4.69) is 26.2 Å². The fourth-order valence-corrected chi connectivity index (χ4v) is 2.38. The molecule has 0 bridgehead atoms. The SMILES string of the molecule is O=C(Nc1ccc(F)cc1I)c1cccnc1Br. The van der Waals surface area contributed by atoms with Gasteiger partial charge in [-0.15, -0.1) is 0 Å². The first-order chi connectivity index (χ1) is 8.58. The first-order valence-electron chi connectivity index (χ1n) is 4.95. The second-order valence-electron chi connectivity index (χ2n) is 3.42. The molecule has 0 fully saturated rings. The van der Waals surface area contributed by atoms with Gasteiger partial charge in [0.25, 0.3) is 5.91 Å². The Balaban J connectivity index is 2.24. The molecular weight excluding hydrogens is 414 g/mol. The first-order valence-corrected chi connectivity index (χ1v) is 6.82. The van der Waals surface area contributed by atoms with Crippen molar-refractivity contribution in [1.29, 1.82) is 0 Å². The van der Waals surface area contributed by atoms with Gasteiger partial charge in [0.1, 0.15) is 10.4 Å². The van der Waals surface area contributed by atoms with Crippen LogP contribution in [0.3, 0.4) is 0 Å². The Morgan fingerprint density at radius 3 is 2.83 bits per heavy atom. The molecule has 1 N–H and O–H groups in total. The van der Waals surface area contributed by atoms with Crippen molar-refractivity contribution >= 4 is 50.1 Å². The molecule has 0 spiro atoms. The zero-order valence-electron chi connectivity index (χ0n) is 8.95. The fraction of sp³-hybridized carbons (Fsp3) is 0. The van der Waals surface area contributed by atoms with Crippen LogP contribution in [-0.2, 0) is 0 Å². The second-order valence-corrected chi connectivity index (χ2v) is 5.33. The summed E-state index contributed by atoms with van der Waals surface area (Å²) in [6.07, 6.45) is 1.59. The highest BCUT2D eigenvalue weighted by Crippen LogP contribution is 2.21. The van der Waals surface area contributed by atoms with Crippen molar-refractivity contribution in [2.24, 2.45) is 0 Å². The number of benzene rings is 1. The Morgan fingerprint density at radius 2 is 2.17 bits per heavy atom. The van der Waals surface area contributed by atoms with Gasteiger partial charge in [-0.05, 0) is 68.9 Å². The third-order valence-corrected chi connectivity index (χ3v) is 3.71. The summed E-state index contributed by atoms with van der Waals surface area (Å²) >= 11 is 5.17. The highest BCUT2D eigenvalue weighted by Gasteiger charge is 2.12. The number of nitrogens with zero attached hydrogens (tertiary/aromatic N) is 1. The van der Waals surface area contributed by atoms with E-state index in [-0.39, 0.29) is 11.7 Å². The molecule has 0 aliphatic heterocycles. The van der Waals surface area contributed by atoms with Crippen LogP contribution in [0, 0.1) is 9.39 Å². The maximum Gasteiger partial charge on any atom is 0.258 e. The van der Waals surface area contributed by atoms with Crippen LogP contribution in [0.2, 0.25) is 0 Å². The molecule has 0 aliphatic rings. The molecule has 18 heavy (non-hydrogen) atoms. The van der Waals surface area contributed by atoms with Crippen LogP contribution >= 0.6 is 38.5 Å². The van der Waals surface area contributed by atoms with E-state index in [4.69, 9.17) is 0 Å². The maximum absolute atomic E-state index is 12.9. The molecule has 3 nitrogen and oxygen atoms in total. The number of rotatable bonds is 2. The molecule has 2 aromatic rings. The lowest BCUT2D eigenvalue weighted by Gasteiger charge is -2.08. The minimum Gasteiger partial charge on any atom is -0.321 e. The zero-order chi connectivity index (χ0) is 13.1. The van der Waals surface area contributed by atoms with Crippen LogP contribution in [0.1, 0.15) is 10.4 Å². The van der Waals surface area contributed by atoms with Crippen LogP contribution in [0.5, 0.6) is 0 Å². The summed E-state index contributed by atoms with van der Waals surface area (Å²) in [5.74, 6) is -0.626. The van der Waals surface area contributed by atoms with Gasteiger partial charge in [0, 0.05) is 9.77 Å². The molecular formula is C12H7BrFIN2O. The number of aromatic nitrogens is 1. The Kier molecular flexibility index (Phi) is 4.28. The molecule has 2 rings (SSSR count). The fourth-order valence-electron chi connectivity index (χ4n) is 1.34. The van der Waals surface area contributed by atoms with Gasteiger partial charge in [-0.3, -0.25) is 4.79 Å². The molecule has 92 valence electrons. The largest absolute Gasteiger partial charge is 0.321 e. The van der Waals surface area contributed by atoms with Crippen LogP contribution in [0.15, 0.2) is 41.1 Å². The van der Waals surface area contributed by atoms with Gasteiger partial charge in [0.15, 0.2) is 0 Å². The third-order valence-electron chi connectivity index (χ3n) is 2.18. The van der Waals surface area contributed by atoms with Crippen molar-refractivity contribution in [3.05, 3.63) is 56.1 Å². The minimum atomic E-state index is -0.333. The summed E-state index contributed by atoms with van der Waals surface area (Å²) in [6, 6.07) is 7.52. The first kappa shape index (κ1) is 13.4. The zero-order valence-corrected chi connectivity index (χ0v) is 12.7. The van der Waals surface area contributed by atoms with Gasteiger partial charge < -0.3 is 5.32 Å². The highest BCUT2D eigenvalue weighted by atomic mass is 127. The summed E-state index contributed by atoms with van der Waals surface area (Å²) < 4.78 is 14.0. The predicted octanol–water partition coefficient (Wildman–Crippen LogP) is 3.84. The number of anilines is 1. The average molecular weight is 421 g/mol. The lowest BCUT2D eigenvalue weighted by atomic mass is 10.2. The van der Waals surface area contributed by atoms with Gasteiger partial charge in [-0.25, -0.2) is 9.37 Å². The average Bonchev–Trinajstić information content (AvgIpc) is 2.33. The Labute approximate surface area is 125 Å². The van der Waals surface area contributed by atoms with E-state index in [0.29, 0.717) is 19.4 Å². The Hall–Kier alpha value is -1.02. The van der Waals surface area contributed by atoms with Crippen LogP contribution < -0.4 is 5.32 Å². The van der Waals surface area contributed by atoms with Crippen molar-refractivity contribution in [2.45, 2.75) is 0 Å². The number of nitrogens with one attached hydrogen (secondary N) is 1. The Morgan fingerprint density at radius 1 is 1.39 bits per heavy atom. The van der Waals surface area contributed by atoms with Gasteiger partial charge in [-0.1, -0.05) is 0 Å². The molecule has 1 aromatic carbocycles. The monoisotopic (exact) mass is 420 g/mol. The topological polar surface area (TPSA) is 42.0 Å². The van der Waals surface area contributed by atoms with Crippen LogP contribution in [0.4, 0.5) is 10.1 Å². The third kappa shape index (κ3) is 3.05. The van der Waals surface area contributed by atoms with Crippen molar-refractivity contribution < 1.29 is 9.18 Å². The maximum atomic E-state index is 12.9. The lowest BCUT2D eigenvalue weighted by Crippen LogP contribution is -2.13. The molecule has 0 unspecified atom stereocenters. The van der Waals surface area contributed by atoms with Gasteiger partial charge in [0.05, 0.1) is 11.3 Å². The van der Waals surface area contributed by atoms with Gasteiger partial charge in [-0.2, -0.15) is 0 Å². The molecule has 0 atom stereocenters. The second kappa shape index (κ2) is 5.75. The molecule has 0 radical (unpaired) electrons. The number of hydrogen-bond acceptors (Lipinski definition) is 2. The van der Waals surface area contributed by atoms with Crippen molar-refractivity contribution in [3.63, 3.8) is 0 Å². The lowest BCUT2D eigenvalue weighted by molar-refractivity contribution is 0.102. The van der Waals surface area contributed by atoms with E-state index in [0.717, 1.165) is 0 Å². The molecule has 6 heteroatoms. The smallest absolute Gasteiger partial charge is 0.258 e. The number of halogens is 3. The predicted molar refractivity (Wildman–Crippen MR) is 79.0 cm³/mol. The Bertz CT molecular complexity index is 606. The minimum absolute atomic E-state index is 0.292. The summed E-state index contributed by atoms with van der Waals surface area (Å²) in [7, 11) is 0. The summed E-state index contributed by atoms with van der Waals surface area (Å²) in [5, 5.41) is 2.71. The molecule has 0 aliphatic carbocycles. The molecule has 1 heterocycles. The van der Waals surface area contributed by atoms with Crippen molar-refractivity contribution in [2.75, 3.05) is 5.32 Å². The molecule has 0 saturated carbocycles. The molecule has 1 aromatic heterocycles. The van der Waals surface area contributed by atoms with Crippen molar-refractivity contribution in [1.82, 2.24) is 4.98 Å². The van der Waals surface area contributed by atoms with Gasteiger partial charge >= 0.3 is 0 Å². The van der Waals surface area contributed by atoms with Crippen LogP contribution in [0.25, 0.3) is 0 Å². The van der Waals surface area contributed by atoms with E-state index in [1.54, 1.807) is 18.3 Å². The van der Waals surface area contributed by atoms with Crippen LogP contribution in [-0.4, -0.2) is 10.9 Å². The molecule has 1 amide bonds. The van der Waals surface area contributed by atoms with E-state index >= 15 is 0 Å². The normalized spacial score (nSPS) is 10.2. The summed E-state index contributed by atoms with van der Waals surface area (Å²) in [4.78, 5) is 16.0.